The number of nitrogens with one attached hydrogen (secondary N) is 1. The molecule has 0 radical (unpaired) electrons. The molecule has 6 nitrogen and oxygen atoms in total. The fraction of sp³-hybridized carbons (Fsp3) is 0.375. The Morgan fingerprint density at radius 3 is 2.83 bits per heavy atom. The van der Waals surface area contributed by atoms with Gasteiger partial charge in [0.2, 0.25) is 0 Å². The molecule has 0 bridgehead atoms. The van der Waals surface area contributed by atoms with E-state index in [1.165, 1.54) is 11.8 Å². The molecule has 0 aliphatic heterocycles. The molecule has 0 spiro atoms. The molecule has 0 saturated carbocycles. The normalized spacial score (nSPS) is 12.7. The maximum atomic E-state index is 12.4. The number of allylic oxidation sites excluding steroid dienone is 1. The summed E-state index contributed by atoms with van der Waals surface area (Å²) in [5.74, 6) is 1.50. The van der Waals surface area contributed by atoms with Crippen molar-refractivity contribution in [1.29, 1.82) is 0 Å². The van der Waals surface area contributed by atoms with Crippen LogP contribution < -0.4 is 5.56 Å². The van der Waals surface area contributed by atoms with E-state index >= 15 is 0 Å². The lowest BCUT2D eigenvalue weighted by Gasteiger charge is -2.11. The zero-order chi connectivity index (χ0) is 17.4. The molecular weight excluding hydrogens is 342 g/mol. The number of thioether (sulfide) groups is 1. The summed E-state index contributed by atoms with van der Waals surface area (Å²) in [6.07, 6.45) is 1.81. The number of hydrogen-bond acceptors (Lipinski definition) is 6. The first-order valence-electron chi connectivity index (χ1n) is 7.59. The van der Waals surface area contributed by atoms with E-state index in [2.05, 4.69) is 26.7 Å². The fourth-order valence-electron chi connectivity index (χ4n) is 2.47. The highest BCUT2D eigenvalue weighted by atomic mass is 32.2. The molecule has 3 heterocycles. The number of H-pyrrole nitrogens is 1. The van der Waals surface area contributed by atoms with Crippen LogP contribution in [-0.2, 0) is 6.54 Å². The van der Waals surface area contributed by atoms with Crippen LogP contribution in [0, 0.1) is 20.8 Å². The monoisotopic (exact) mass is 361 g/mol. The molecule has 0 aliphatic carbocycles. The second kappa shape index (κ2) is 6.52. The number of fused-ring (bicyclic) bond motifs is 1. The first kappa shape index (κ1) is 16.9. The predicted molar refractivity (Wildman–Crippen MR) is 98.9 cm³/mol. The first-order chi connectivity index (χ1) is 11.4. The lowest BCUT2D eigenvalue weighted by Crippen LogP contribution is -2.13. The topological polar surface area (TPSA) is 76.5 Å². The minimum Gasteiger partial charge on any atom is -0.309 e. The third-order valence-corrected chi connectivity index (χ3v) is 6.13. The third kappa shape index (κ3) is 2.91. The van der Waals surface area contributed by atoms with Gasteiger partial charge in [-0.05, 0) is 33.3 Å². The van der Waals surface area contributed by atoms with Crippen molar-refractivity contribution < 1.29 is 0 Å². The molecule has 0 aromatic carbocycles. The summed E-state index contributed by atoms with van der Waals surface area (Å²) >= 11 is 3.09. The predicted octanol–water partition coefficient (Wildman–Crippen LogP) is 3.54. The molecule has 1 N–H and O–H groups in total. The molecule has 24 heavy (non-hydrogen) atoms. The van der Waals surface area contributed by atoms with Crippen molar-refractivity contribution in [3.8, 4) is 0 Å². The van der Waals surface area contributed by atoms with E-state index in [1.807, 2.05) is 38.3 Å². The minimum atomic E-state index is -0.0759. The molecule has 0 aliphatic rings. The standard InChI is InChI=1S/C16H19N5OS2/c1-6-7-21-11(5)19-20-16(21)24-10(4)13-17-14(22)12-8(2)9(3)23-15(12)18-13/h6,10H,1,7H2,2-5H3,(H,17,18,22). The maximum Gasteiger partial charge on any atom is 0.259 e. The highest BCUT2D eigenvalue weighted by Gasteiger charge is 2.18. The van der Waals surface area contributed by atoms with Gasteiger partial charge in [-0.1, -0.05) is 17.8 Å². The summed E-state index contributed by atoms with van der Waals surface area (Å²) in [5.41, 5.74) is 0.935. The number of aryl methyl sites for hydroxylation is 3. The van der Waals surface area contributed by atoms with Gasteiger partial charge in [0.05, 0.1) is 10.6 Å². The van der Waals surface area contributed by atoms with Crippen LogP contribution in [0.2, 0.25) is 0 Å². The van der Waals surface area contributed by atoms with Gasteiger partial charge in [-0.3, -0.25) is 4.79 Å². The molecule has 0 amide bonds. The lowest BCUT2D eigenvalue weighted by molar-refractivity contribution is 0.701. The maximum absolute atomic E-state index is 12.4. The molecule has 0 fully saturated rings. The Labute approximate surface area is 148 Å². The summed E-state index contributed by atoms with van der Waals surface area (Å²) in [7, 11) is 0. The molecule has 0 saturated heterocycles. The zero-order valence-corrected chi connectivity index (χ0v) is 15.7. The van der Waals surface area contributed by atoms with Crippen LogP contribution in [0.15, 0.2) is 22.6 Å². The number of nitrogens with zero attached hydrogens (tertiary/aromatic N) is 4. The van der Waals surface area contributed by atoms with Gasteiger partial charge in [-0.25, -0.2) is 4.98 Å². The fourth-order valence-corrected chi connectivity index (χ4v) is 4.46. The van der Waals surface area contributed by atoms with E-state index in [0.29, 0.717) is 17.8 Å². The Morgan fingerprint density at radius 2 is 2.12 bits per heavy atom. The van der Waals surface area contributed by atoms with E-state index in [1.54, 1.807) is 11.3 Å². The smallest absolute Gasteiger partial charge is 0.259 e. The molecule has 126 valence electrons. The van der Waals surface area contributed by atoms with E-state index in [0.717, 1.165) is 26.3 Å². The van der Waals surface area contributed by atoms with Crippen molar-refractivity contribution in [2.75, 3.05) is 0 Å². The quantitative estimate of drug-likeness (QED) is 0.555. The van der Waals surface area contributed by atoms with E-state index in [4.69, 9.17) is 0 Å². The molecule has 1 unspecified atom stereocenters. The average Bonchev–Trinajstić information content (AvgIpc) is 3.01. The lowest BCUT2D eigenvalue weighted by atomic mass is 10.2. The highest BCUT2D eigenvalue weighted by molar-refractivity contribution is 7.99. The number of aromatic amines is 1. The van der Waals surface area contributed by atoms with Crippen molar-refractivity contribution >= 4 is 33.3 Å². The molecule has 3 rings (SSSR count). The second-order valence-corrected chi connectivity index (χ2v) is 8.11. The van der Waals surface area contributed by atoms with Crippen LogP contribution in [0.1, 0.15) is 34.3 Å². The Balaban J connectivity index is 1.96. The van der Waals surface area contributed by atoms with Crippen LogP contribution in [-0.4, -0.2) is 24.7 Å². The molecule has 8 heteroatoms. The molecule has 3 aromatic heterocycles. The summed E-state index contributed by atoms with van der Waals surface area (Å²) in [5, 5.41) is 9.78. The van der Waals surface area contributed by atoms with E-state index < -0.39 is 0 Å². The second-order valence-electron chi connectivity index (χ2n) is 5.60. The van der Waals surface area contributed by atoms with Gasteiger partial charge >= 0.3 is 0 Å². The summed E-state index contributed by atoms with van der Waals surface area (Å²) in [6, 6.07) is 0. The summed E-state index contributed by atoms with van der Waals surface area (Å²) < 4.78 is 1.99. The highest BCUT2D eigenvalue weighted by Crippen LogP contribution is 2.33. The Kier molecular flexibility index (Phi) is 4.60. The number of aromatic nitrogens is 5. The van der Waals surface area contributed by atoms with Crippen LogP contribution >= 0.6 is 23.1 Å². The van der Waals surface area contributed by atoms with Crippen molar-refractivity contribution in [3.05, 3.63) is 45.1 Å². The van der Waals surface area contributed by atoms with Gasteiger partial charge in [0.25, 0.3) is 5.56 Å². The van der Waals surface area contributed by atoms with Crippen molar-refractivity contribution in [2.45, 2.75) is 44.6 Å². The van der Waals surface area contributed by atoms with Crippen molar-refractivity contribution in [1.82, 2.24) is 24.7 Å². The van der Waals surface area contributed by atoms with E-state index in [9.17, 15) is 4.79 Å². The summed E-state index contributed by atoms with van der Waals surface area (Å²) in [6.45, 7) is 12.3. The SMILES string of the molecule is C=CCn1c(C)nnc1SC(C)c1nc2sc(C)c(C)c2c(=O)[nH]1. The average molecular weight is 361 g/mol. The summed E-state index contributed by atoms with van der Waals surface area (Å²) in [4.78, 5) is 21.9. The van der Waals surface area contributed by atoms with Crippen LogP contribution in [0.3, 0.4) is 0 Å². The van der Waals surface area contributed by atoms with E-state index in [-0.39, 0.29) is 10.8 Å². The minimum absolute atomic E-state index is 0.0445. The number of thiophene rings is 1. The third-order valence-electron chi connectivity index (χ3n) is 3.94. The molecular formula is C16H19N5OS2. The van der Waals surface area contributed by atoms with Crippen LogP contribution in [0.4, 0.5) is 0 Å². The molecule has 3 aromatic rings. The van der Waals surface area contributed by atoms with Crippen molar-refractivity contribution in [3.63, 3.8) is 0 Å². The van der Waals surface area contributed by atoms with Gasteiger partial charge in [-0.15, -0.1) is 28.1 Å². The Bertz CT molecular complexity index is 969. The molecule has 1 atom stereocenters. The van der Waals surface area contributed by atoms with Gasteiger partial charge < -0.3 is 9.55 Å². The number of rotatable bonds is 5. The van der Waals surface area contributed by atoms with Crippen LogP contribution in [0.25, 0.3) is 10.2 Å². The van der Waals surface area contributed by atoms with Gasteiger partial charge in [0.15, 0.2) is 5.16 Å². The number of hydrogen-bond donors (Lipinski definition) is 1. The zero-order valence-electron chi connectivity index (χ0n) is 14.1. The van der Waals surface area contributed by atoms with Gasteiger partial charge in [0, 0.05) is 11.4 Å². The van der Waals surface area contributed by atoms with Gasteiger partial charge in [-0.2, -0.15) is 0 Å². The largest absolute Gasteiger partial charge is 0.309 e. The Morgan fingerprint density at radius 1 is 1.38 bits per heavy atom. The first-order valence-corrected chi connectivity index (χ1v) is 9.29. The van der Waals surface area contributed by atoms with Crippen LogP contribution in [0.5, 0.6) is 0 Å². The van der Waals surface area contributed by atoms with Crippen molar-refractivity contribution in [2.24, 2.45) is 0 Å². The Hall–Kier alpha value is -1.93. The van der Waals surface area contributed by atoms with Gasteiger partial charge in [0.1, 0.15) is 16.5 Å².